The third-order valence-corrected chi connectivity index (χ3v) is 4.47. The summed E-state index contributed by atoms with van der Waals surface area (Å²) in [4.78, 5) is 9.95. The van der Waals surface area contributed by atoms with Crippen molar-refractivity contribution in [2.75, 3.05) is 5.32 Å². The zero-order chi connectivity index (χ0) is 15.7. The van der Waals surface area contributed by atoms with Crippen molar-refractivity contribution in [2.45, 2.75) is 37.8 Å². The third-order valence-electron chi connectivity index (χ3n) is 3.47. The molecule has 0 aliphatic carbocycles. The Balaban J connectivity index is 2.02. The Bertz CT molecular complexity index is 809. The quantitative estimate of drug-likeness (QED) is 0.706. The lowest BCUT2D eigenvalue weighted by Crippen LogP contribution is -1.98. The first kappa shape index (κ1) is 14.8. The molecule has 0 atom stereocenters. The van der Waals surface area contributed by atoms with E-state index in [-0.39, 0.29) is 0 Å². The van der Waals surface area contributed by atoms with Gasteiger partial charge in [-0.05, 0) is 32.0 Å². The van der Waals surface area contributed by atoms with Gasteiger partial charge in [0.1, 0.15) is 12.1 Å². The second-order valence-electron chi connectivity index (χ2n) is 5.52. The van der Waals surface area contributed by atoms with E-state index in [1.54, 1.807) is 6.33 Å². The number of hydrogen-bond donors (Lipinski definition) is 2. The highest BCUT2D eigenvalue weighted by atomic mass is 32.2. The van der Waals surface area contributed by atoms with E-state index in [0.29, 0.717) is 5.25 Å². The van der Waals surface area contributed by atoms with E-state index in [0.717, 1.165) is 33.8 Å². The number of H-pyrrole nitrogens is 1. The predicted octanol–water partition coefficient (Wildman–Crippen LogP) is 4.21. The van der Waals surface area contributed by atoms with Crippen LogP contribution in [0.15, 0.2) is 29.4 Å². The van der Waals surface area contributed by atoms with E-state index in [4.69, 9.17) is 0 Å². The fourth-order valence-corrected chi connectivity index (χ4v) is 3.08. The van der Waals surface area contributed by atoms with Crippen molar-refractivity contribution in [3.63, 3.8) is 0 Å². The maximum absolute atomic E-state index is 4.39. The molecule has 114 valence electrons. The minimum atomic E-state index is 0.537. The summed E-state index contributed by atoms with van der Waals surface area (Å²) in [5.41, 5.74) is 3.08. The number of thioether (sulfide) groups is 1. The number of aromatic nitrogens is 4. The number of nitrogens with one attached hydrogen (secondary N) is 2. The smallest absolute Gasteiger partial charge is 0.156 e. The van der Waals surface area contributed by atoms with E-state index >= 15 is 0 Å². The Kier molecular flexibility index (Phi) is 4.02. The fraction of sp³-hybridized carbons (Fsp3) is 0.312. The van der Waals surface area contributed by atoms with Crippen molar-refractivity contribution in [1.29, 1.82) is 0 Å². The Morgan fingerprint density at radius 1 is 1.14 bits per heavy atom. The number of aromatic amines is 1. The molecular formula is C16H19N5S. The monoisotopic (exact) mass is 313 g/mol. The number of rotatable bonds is 4. The van der Waals surface area contributed by atoms with Crippen LogP contribution in [0.5, 0.6) is 0 Å². The van der Waals surface area contributed by atoms with Gasteiger partial charge in [0.25, 0.3) is 0 Å². The second-order valence-corrected chi connectivity index (χ2v) is 7.16. The lowest BCUT2D eigenvalue weighted by molar-refractivity contribution is 1.04. The summed E-state index contributed by atoms with van der Waals surface area (Å²) in [5.74, 6) is 1.59. The van der Waals surface area contributed by atoms with Crippen molar-refractivity contribution < 1.29 is 0 Å². The summed E-state index contributed by atoms with van der Waals surface area (Å²) in [6.07, 6.45) is 1.58. The van der Waals surface area contributed by atoms with Crippen LogP contribution in [0.25, 0.3) is 10.9 Å². The normalized spacial score (nSPS) is 11.3. The van der Waals surface area contributed by atoms with Gasteiger partial charge in [0.15, 0.2) is 5.82 Å². The number of hydrogen-bond acceptors (Lipinski definition) is 5. The molecule has 0 bridgehead atoms. The van der Waals surface area contributed by atoms with E-state index in [2.05, 4.69) is 51.5 Å². The topological polar surface area (TPSA) is 66.5 Å². The minimum Gasteiger partial charge on any atom is -0.323 e. The van der Waals surface area contributed by atoms with Crippen LogP contribution >= 0.6 is 11.8 Å². The van der Waals surface area contributed by atoms with Crippen LogP contribution in [0, 0.1) is 13.8 Å². The van der Waals surface area contributed by atoms with Crippen molar-refractivity contribution in [3.05, 3.63) is 35.8 Å². The van der Waals surface area contributed by atoms with Gasteiger partial charge in [-0.3, -0.25) is 5.10 Å². The van der Waals surface area contributed by atoms with Crippen molar-refractivity contribution in [1.82, 2.24) is 20.2 Å². The average molecular weight is 313 g/mol. The molecule has 0 aliphatic heterocycles. The molecule has 6 heteroatoms. The fourth-order valence-electron chi connectivity index (χ4n) is 2.20. The molecule has 5 nitrogen and oxygen atoms in total. The van der Waals surface area contributed by atoms with E-state index in [1.807, 2.05) is 31.7 Å². The predicted molar refractivity (Wildman–Crippen MR) is 91.9 cm³/mol. The number of nitrogens with zero attached hydrogens (tertiary/aromatic N) is 3. The first-order chi connectivity index (χ1) is 10.5. The van der Waals surface area contributed by atoms with Gasteiger partial charge in [-0.25, -0.2) is 9.97 Å². The molecule has 22 heavy (non-hydrogen) atoms. The van der Waals surface area contributed by atoms with Crippen LogP contribution in [0.2, 0.25) is 0 Å². The Labute approximate surface area is 134 Å². The van der Waals surface area contributed by atoms with Crippen LogP contribution in [0.4, 0.5) is 11.6 Å². The molecule has 2 heterocycles. The second kappa shape index (κ2) is 5.96. The van der Waals surface area contributed by atoms with Gasteiger partial charge in [-0.2, -0.15) is 5.10 Å². The first-order valence-corrected chi connectivity index (χ1v) is 8.12. The highest BCUT2D eigenvalue weighted by Gasteiger charge is 2.10. The van der Waals surface area contributed by atoms with Gasteiger partial charge in [0.2, 0.25) is 0 Å². The molecule has 0 aliphatic rings. The van der Waals surface area contributed by atoms with E-state index in [9.17, 15) is 0 Å². The van der Waals surface area contributed by atoms with Crippen LogP contribution in [0.1, 0.15) is 25.1 Å². The zero-order valence-electron chi connectivity index (χ0n) is 13.1. The maximum atomic E-state index is 4.39. The van der Waals surface area contributed by atoms with Crippen LogP contribution in [-0.4, -0.2) is 25.4 Å². The van der Waals surface area contributed by atoms with Crippen molar-refractivity contribution in [3.8, 4) is 0 Å². The van der Waals surface area contributed by atoms with Gasteiger partial charge in [0, 0.05) is 26.8 Å². The molecule has 3 aromatic rings. The van der Waals surface area contributed by atoms with Crippen LogP contribution < -0.4 is 5.32 Å². The van der Waals surface area contributed by atoms with Gasteiger partial charge in [-0.1, -0.05) is 13.8 Å². The number of anilines is 2. The summed E-state index contributed by atoms with van der Waals surface area (Å²) >= 11 is 1.83. The van der Waals surface area contributed by atoms with Crippen molar-refractivity contribution in [2.24, 2.45) is 0 Å². The molecule has 0 spiro atoms. The number of aryl methyl sites for hydroxylation is 1. The standard InChI is InChI=1S/C16H19N5S/c1-9(2)22-12-5-6-14-13(7-12)16(18-8-17-14)19-15-10(3)11(4)20-21-15/h5-9H,1-4H3,(H2,17,18,19,20,21). The molecule has 0 unspecified atom stereocenters. The lowest BCUT2D eigenvalue weighted by atomic mass is 10.2. The molecule has 0 amide bonds. The molecule has 1 aromatic carbocycles. The Morgan fingerprint density at radius 3 is 2.64 bits per heavy atom. The Hall–Kier alpha value is -2.08. The van der Waals surface area contributed by atoms with Gasteiger partial charge in [-0.15, -0.1) is 11.8 Å². The molecule has 2 N–H and O–H groups in total. The maximum Gasteiger partial charge on any atom is 0.156 e. The zero-order valence-corrected chi connectivity index (χ0v) is 14.0. The molecule has 0 radical (unpaired) electrons. The minimum absolute atomic E-state index is 0.537. The summed E-state index contributed by atoms with van der Waals surface area (Å²) in [6, 6.07) is 6.28. The molecule has 0 fully saturated rings. The average Bonchev–Trinajstić information content (AvgIpc) is 2.79. The van der Waals surface area contributed by atoms with Crippen LogP contribution in [0.3, 0.4) is 0 Å². The highest BCUT2D eigenvalue weighted by molar-refractivity contribution is 7.99. The largest absolute Gasteiger partial charge is 0.323 e. The summed E-state index contributed by atoms with van der Waals surface area (Å²) in [6.45, 7) is 8.41. The Morgan fingerprint density at radius 2 is 1.95 bits per heavy atom. The van der Waals surface area contributed by atoms with Gasteiger partial charge in [0.05, 0.1) is 5.52 Å². The van der Waals surface area contributed by atoms with E-state index < -0.39 is 0 Å². The summed E-state index contributed by atoms with van der Waals surface area (Å²) in [5, 5.41) is 12.1. The number of fused-ring (bicyclic) bond motifs is 1. The first-order valence-electron chi connectivity index (χ1n) is 7.24. The molecule has 3 rings (SSSR count). The summed E-state index contributed by atoms with van der Waals surface area (Å²) < 4.78 is 0. The molecular weight excluding hydrogens is 294 g/mol. The molecule has 2 aromatic heterocycles. The van der Waals surface area contributed by atoms with Crippen molar-refractivity contribution >= 4 is 34.3 Å². The summed E-state index contributed by atoms with van der Waals surface area (Å²) in [7, 11) is 0. The highest BCUT2D eigenvalue weighted by Crippen LogP contribution is 2.30. The van der Waals surface area contributed by atoms with Gasteiger partial charge < -0.3 is 5.32 Å². The molecule has 0 saturated carbocycles. The lowest BCUT2D eigenvalue weighted by Gasteiger charge is -2.09. The SMILES string of the molecule is Cc1[nH]nc(Nc2ncnc3ccc(SC(C)C)cc23)c1C. The molecule has 0 saturated heterocycles. The number of benzene rings is 1. The van der Waals surface area contributed by atoms with Crippen LogP contribution in [-0.2, 0) is 0 Å². The van der Waals surface area contributed by atoms with Gasteiger partial charge >= 0.3 is 0 Å². The third kappa shape index (κ3) is 2.92. The van der Waals surface area contributed by atoms with E-state index in [1.165, 1.54) is 4.90 Å².